The van der Waals surface area contributed by atoms with Gasteiger partial charge in [0.1, 0.15) is 6.61 Å². The van der Waals surface area contributed by atoms with E-state index in [1.54, 1.807) is 0 Å². The van der Waals surface area contributed by atoms with Crippen LogP contribution in [0.25, 0.3) is 0 Å². The van der Waals surface area contributed by atoms with Crippen LogP contribution in [0.2, 0.25) is 0 Å². The van der Waals surface area contributed by atoms with Gasteiger partial charge in [0.2, 0.25) is 0 Å². The van der Waals surface area contributed by atoms with Crippen LogP contribution in [-0.2, 0) is 19.1 Å². The molecule has 468 valence electrons. The van der Waals surface area contributed by atoms with Gasteiger partial charge in [0.25, 0.3) is 0 Å². The molecule has 5 nitrogen and oxygen atoms in total. The van der Waals surface area contributed by atoms with Gasteiger partial charge in [0, 0.05) is 12.8 Å². The minimum atomic E-state index is -0.773. The normalized spacial score (nSPS) is 12.5. The summed E-state index contributed by atoms with van der Waals surface area (Å²) in [5.41, 5.74) is 0. The number of carbonyl (C=O) groups is 2. The molecule has 0 heterocycles. The summed E-state index contributed by atoms with van der Waals surface area (Å²) in [4.78, 5) is 24.7. The average Bonchev–Trinajstić information content (AvgIpc) is 3.46. The summed E-state index contributed by atoms with van der Waals surface area (Å²) in [6.45, 7) is 4.09. The molecule has 0 saturated carbocycles. The Balaban J connectivity index is 3.39. The number of ether oxygens (including phenoxy) is 2. The predicted molar refractivity (Wildman–Crippen MR) is 353 cm³/mol. The van der Waals surface area contributed by atoms with E-state index < -0.39 is 6.10 Å². The summed E-state index contributed by atoms with van der Waals surface area (Å²) in [5, 5.41) is 9.71. The number of aliphatic hydroxyl groups excluding tert-OH is 1. The van der Waals surface area contributed by atoms with Gasteiger partial charge in [-0.2, -0.15) is 0 Å². The van der Waals surface area contributed by atoms with E-state index >= 15 is 0 Å². The largest absolute Gasteiger partial charge is 0.462 e. The molecular weight excluding hydrogens is 981 g/mol. The second-order valence-corrected chi connectivity index (χ2v) is 24.3. The fourth-order valence-electron chi connectivity index (χ4n) is 11.0. The summed E-state index contributed by atoms with van der Waals surface area (Å²) in [6, 6.07) is 0. The van der Waals surface area contributed by atoms with Gasteiger partial charge >= 0.3 is 11.9 Å². The molecular formula is C75H138O5. The summed E-state index contributed by atoms with van der Waals surface area (Å²) in [5.74, 6) is -0.571. The van der Waals surface area contributed by atoms with Crippen molar-refractivity contribution in [1.82, 2.24) is 0 Å². The van der Waals surface area contributed by atoms with Crippen LogP contribution in [0.15, 0.2) is 60.8 Å². The van der Waals surface area contributed by atoms with E-state index in [1.807, 2.05) is 0 Å². The lowest BCUT2D eigenvalue weighted by atomic mass is 10.0. The molecule has 1 unspecified atom stereocenters. The third kappa shape index (κ3) is 68.1. The van der Waals surface area contributed by atoms with E-state index in [4.69, 9.17) is 9.47 Å². The third-order valence-corrected chi connectivity index (χ3v) is 16.3. The van der Waals surface area contributed by atoms with Crippen LogP contribution >= 0.6 is 0 Å². The van der Waals surface area contributed by atoms with Crippen LogP contribution in [-0.4, -0.2) is 36.4 Å². The monoisotopic (exact) mass is 1120 g/mol. The molecule has 80 heavy (non-hydrogen) atoms. The van der Waals surface area contributed by atoms with Gasteiger partial charge in [0.15, 0.2) is 6.10 Å². The Kier molecular flexibility index (Phi) is 68.7. The molecule has 0 spiro atoms. The number of allylic oxidation sites excluding steroid dienone is 10. The molecule has 0 aliphatic rings. The van der Waals surface area contributed by atoms with Gasteiger partial charge in [-0.3, -0.25) is 9.59 Å². The average molecular weight is 1120 g/mol. The van der Waals surface area contributed by atoms with E-state index in [9.17, 15) is 14.7 Å². The summed E-state index contributed by atoms with van der Waals surface area (Å²) < 4.78 is 10.8. The topological polar surface area (TPSA) is 72.8 Å². The van der Waals surface area contributed by atoms with Crippen molar-refractivity contribution in [3.8, 4) is 0 Å². The number of unbranched alkanes of at least 4 members (excludes halogenated alkanes) is 49. The predicted octanol–water partition coefficient (Wildman–Crippen LogP) is 24.9. The molecule has 0 bridgehead atoms. The van der Waals surface area contributed by atoms with Crippen LogP contribution in [0.3, 0.4) is 0 Å². The van der Waals surface area contributed by atoms with Crippen molar-refractivity contribution >= 4 is 11.9 Å². The first-order valence-electron chi connectivity index (χ1n) is 35.8. The lowest BCUT2D eigenvalue weighted by Crippen LogP contribution is -2.28. The molecule has 0 saturated heterocycles. The zero-order valence-corrected chi connectivity index (χ0v) is 53.9. The quantitative estimate of drug-likeness (QED) is 0.0373. The maximum Gasteiger partial charge on any atom is 0.306 e. The lowest BCUT2D eigenvalue weighted by Gasteiger charge is -2.15. The van der Waals surface area contributed by atoms with Gasteiger partial charge in [-0.15, -0.1) is 0 Å². The van der Waals surface area contributed by atoms with Crippen LogP contribution in [0.4, 0.5) is 0 Å². The first-order chi connectivity index (χ1) is 39.6. The van der Waals surface area contributed by atoms with Gasteiger partial charge in [-0.25, -0.2) is 0 Å². The standard InChI is InChI=1S/C75H138O5/c1-3-5-7-9-11-13-15-17-19-21-23-25-27-29-31-33-35-36-37-38-40-41-43-45-47-49-51-53-55-57-59-61-63-65-67-69-74(77)79-72-73(71-76)80-75(78)70-68-66-64-62-60-58-56-54-52-50-48-46-44-42-39-34-32-30-28-26-24-22-20-18-16-14-12-10-8-6-4-2/h6,8,12,14,18,20,24,26,30,32,73,76H,3-5,7,9-11,13,15-17,19,21-23,25,27-29,31,33-72H2,1-2H3/b8-6-,14-12-,20-18-,26-24-,32-30-. The zero-order chi connectivity index (χ0) is 57.6. The minimum absolute atomic E-state index is 0.0618. The zero-order valence-electron chi connectivity index (χ0n) is 53.9. The van der Waals surface area contributed by atoms with E-state index in [0.717, 1.165) is 64.2 Å². The highest BCUT2D eigenvalue weighted by molar-refractivity contribution is 5.70. The van der Waals surface area contributed by atoms with Gasteiger partial charge in [0.05, 0.1) is 6.61 Å². The molecule has 0 fully saturated rings. The molecule has 0 aliphatic carbocycles. The minimum Gasteiger partial charge on any atom is -0.462 e. The molecule has 5 heteroatoms. The molecule has 0 amide bonds. The highest BCUT2D eigenvalue weighted by Crippen LogP contribution is 2.19. The number of carbonyl (C=O) groups excluding carboxylic acids is 2. The van der Waals surface area contributed by atoms with Gasteiger partial charge < -0.3 is 14.6 Å². The van der Waals surface area contributed by atoms with E-state index in [1.165, 1.54) is 295 Å². The van der Waals surface area contributed by atoms with Crippen molar-refractivity contribution in [1.29, 1.82) is 0 Å². The van der Waals surface area contributed by atoms with Crippen LogP contribution in [0, 0.1) is 0 Å². The van der Waals surface area contributed by atoms with Crippen molar-refractivity contribution < 1.29 is 24.2 Å². The Morgan fingerprint density at radius 3 is 0.812 bits per heavy atom. The van der Waals surface area contributed by atoms with E-state index in [0.29, 0.717) is 12.8 Å². The molecule has 0 aromatic heterocycles. The van der Waals surface area contributed by atoms with Crippen molar-refractivity contribution in [2.45, 2.75) is 392 Å². The Labute approximate surface area is 500 Å². The maximum atomic E-state index is 12.4. The molecule has 1 N–H and O–H groups in total. The fraction of sp³-hybridized carbons (Fsp3) is 0.840. The number of rotatable bonds is 67. The van der Waals surface area contributed by atoms with Crippen molar-refractivity contribution in [2.24, 2.45) is 0 Å². The van der Waals surface area contributed by atoms with Crippen molar-refractivity contribution in [2.75, 3.05) is 13.2 Å². The smallest absolute Gasteiger partial charge is 0.306 e. The lowest BCUT2D eigenvalue weighted by molar-refractivity contribution is -0.161. The van der Waals surface area contributed by atoms with E-state index in [2.05, 4.69) is 74.6 Å². The maximum absolute atomic E-state index is 12.4. The molecule has 0 aromatic carbocycles. The Hall–Kier alpha value is -2.40. The third-order valence-electron chi connectivity index (χ3n) is 16.3. The summed E-state index contributed by atoms with van der Waals surface area (Å²) in [6.07, 6.45) is 97.0. The molecule has 0 radical (unpaired) electrons. The first kappa shape index (κ1) is 77.6. The fourth-order valence-corrected chi connectivity index (χ4v) is 11.0. The second-order valence-electron chi connectivity index (χ2n) is 24.3. The SMILES string of the molecule is CC/C=C\C/C=C\C/C=C\C/C=C\C/C=C\CCCCCCCCCCCCCCCCCC(=O)OC(CO)COC(=O)CCCCCCCCCCCCCCCCCCCCCCCCCCCCCCCCCCCCC. The van der Waals surface area contributed by atoms with Gasteiger partial charge in [-0.05, 0) is 57.8 Å². The van der Waals surface area contributed by atoms with Crippen molar-refractivity contribution in [3.05, 3.63) is 60.8 Å². The molecule has 0 rings (SSSR count). The molecule has 0 aromatic rings. The first-order valence-corrected chi connectivity index (χ1v) is 35.8. The number of esters is 2. The molecule has 1 atom stereocenters. The Morgan fingerprint density at radius 1 is 0.300 bits per heavy atom. The number of aliphatic hydroxyl groups is 1. The second kappa shape index (κ2) is 70.9. The van der Waals surface area contributed by atoms with Crippen LogP contribution in [0.5, 0.6) is 0 Å². The Morgan fingerprint density at radius 2 is 0.537 bits per heavy atom. The number of hydrogen-bond acceptors (Lipinski definition) is 5. The van der Waals surface area contributed by atoms with Gasteiger partial charge in [-0.1, -0.05) is 376 Å². The van der Waals surface area contributed by atoms with Crippen LogP contribution < -0.4 is 0 Å². The summed E-state index contributed by atoms with van der Waals surface area (Å²) in [7, 11) is 0. The van der Waals surface area contributed by atoms with Crippen molar-refractivity contribution in [3.63, 3.8) is 0 Å². The van der Waals surface area contributed by atoms with Crippen LogP contribution in [0.1, 0.15) is 386 Å². The number of hydrogen-bond donors (Lipinski definition) is 1. The summed E-state index contributed by atoms with van der Waals surface area (Å²) >= 11 is 0. The van der Waals surface area contributed by atoms with E-state index in [-0.39, 0.29) is 25.2 Å². The highest BCUT2D eigenvalue weighted by atomic mass is 16.6. The Bertz CT molecular complexity index is 1360. The highest BCUT2D eigenvalue weighted by Gasteiger charge is 2.16. The molecule has 0 aliphatic heterocycles.